The lowest BCUT2D eigenvalue weighted by atomic mass is 10.0. The second-order valence-corrected chi connectivity index (χ2v) is 5.04. The van der Waals surface area contributed by atoms with Gasteiger partial charge in [-0.05, 0) is 41.3 Å². The molecule has 0 amide bonds. The van der Waals surface area contributed by atoms with Crippen molar-refractivity contribution < 1.29 is 5.11 Å². The Morgan fingerprint density at radius 1 is 1.00 bits per heavy atom. The van der Waals surface area contributed by atoms with Gasteiger partial charge in [0.25, 0.3) is 0 Å². The number of aromatic nitrogens is 2. The van der Waals surface area contributed by atoms with E-state index in [2.05, 4.69) is 41.5 Å². The van der Waals surface area contributed by atoms with Crippen LogP contribution in [0.1, 0.15) is 25.0 Å². The van der Waals surface area contributed by atoms with Gasteiger partial charge < -0.3 is 5.11 Å². The van der Waals surface area contributed by atoms with Crippen molar-refractivity contribution >= 4 is 0 Å². The number of rotatable bonds is 4. The van der Waals surface area contributed by atoms with Crippen molar-refractivity contribution in [2.24, 2.45) is 0 Å². The molecule has 106 valence electrons. The van der Waals surface area contributed by atoms with E-state index < -0.39 is 0 Å². The first-order valence-electron chi connectivity index (χ1n) is 7.16. The van der Waals surface area contributed by atoms with Crippen molar-refractivity contribution in [3.05, 3.63) is 72.6 Å². The van der Waals surface area contributed by atoms with Crippen LogP contribution in [0.3, 0.4) is 0 Å². The molecule has 1 atom stereocenters. The highest BCUT2D eigenvalue weighted by atomic mass is 16.3. The fourth-order valence-electron chi connectivity index (χ4n) is 2.36. The number of aliphatic hydroxyl groups excluding tert-OH is 1. The average Bonchev–Trinajstić information content (AvgIpc) is 3.09. The van der Waals surface area contributed by atoms with Gasteiger partial charge in [0.2, 0.25) is 0 Å². The van der Waals surface area contributed by atoms with Crippen molar-refractivity contribution in [2.45, 2.75) is 19.4 Å². The maximum absolute atomic E-state index is 9.82. The van der Waals surface area contributed by atoms with Gasteiger partial charge in [0.15, 0.2) is 0 Å². The molecule has 1 N–H and O–H groups in total. The van der Waals surface area contributed by atoms with Crippen LogP contribution in [0.2, 0.25) is 0 Å². The van der Waals surface area contributed by atoms with Crippen LogP contribution in [0.15, 0.2) is 67.0 Å². The highest BCUT2D eigenvalue weighted by Gasteiger charge is 2.05. The van der Waals surface area contributed by atoms with Crippen LogP contribution < -0.4 is 0 Å². The van der Waals surface area contributed by atoms with Crippen LogP contribution in [0, 0.1) is 0 Å². The normalized spacial score (nSPS) is 12.3. The van der Waals surface area contributed by atoms with Crippen molar-refractivity contribution in [1.29, 1.82) is 0 Å². The summed E-state index contributed by atoms with van der Waals surface area (Å²) < 4.78 is 1.84. The van der Waals surface area contributed by atoms with Crippen molar-refractivity contribution in [2.75, 3.05) is 0 Å². The SMILES string of the molecule is CC[C@@H](O)c1ccc(-c2ccc(-n3cccn3)cc2)cc1. The number of benzene rings is 2. The zero-order chi connectivity index (χ0) is 14.7. The first kappa shape index (κ1) is 13.6. The molecule has 3 nitrogen and oxygen atoms in total. The predicted octanol–water partition coefficient (Wildman–Crippen LogP) is 3.98. The summed E-state index contributed by atoms with van der Waals surface area (Å²) in [4.78, 5) is 0. The number of hydrogen-bond acceptors (Lipinski definition) is 2. The van der Waals surface area contributed by atoms with E-state index in [-0.39, 0.29) is 6.10 Å². The molecule has 2 aromatic carbocycles. The summed E-state index contributed by atoms with van der Waals surface area (Å²) in [6.45, 7) is 1.98. The third kappa shape index (κ3) is 2.88. The van der Waals surface area contributed by atoms with Gasteiger partial charge in [0.1, 0.15) is 0 Å². The molecular formula is C18H18N2O. The van der Waals surface area contributed by atoms with Crippen LogP contribution in [-0.4, -0.2) is 14.9 Å². The Kier molecular flexibility index (Phi) is 3.84. The van der Waals surface area contributed by atoms with Crippen molar-refractivity contribution in [3.63, 3.8) is 0 Å². The smallest absolute Gasteiger partial charge is 0.0787 e. The zero-order valence-corrected chi connectivity index (χ0v) is 12.0. The van der Waals surface area contributed by atoms with Gasteiger partial charge in [0.05, 0.1) is 11.8 Å². The lowest BCUT2D eigenvalue weighted by molar-refractivity contribution is 0.173. The topological polar surface area (TPSA) is 38.0 Å². The summed E-state index contributed by atoms with van der Waals surface area (Å²) in [6, 6.07) is 18.3. The Morgan fingerprint density at radius 2 is 1.62 bits per heavy atom. The lowest BCUT2D eigenvalue weighted by Crippen LogP contribution is -1.95. The minimum atomic E-state index is -0.374. The first-order valence-corrected chi connectivity index (χ1v) is 7.16. The molecule has 1 heterocycles. The second-order valence-electron chi connectivity index (χ2n) is 5.04. The van der Waals surface area contributed by atoms with Crippen LogP contribution in [0.4, 0.5) is 0 Å². The molecule has 0 radical (unpaired) electrons. The Morgan fingerprint density at radius 3 is 2.14 bits per heavy atom. The van der Waals surface area contributed by atoms with E-state index in [0.29, 0.717) is 0 Å². The van der Waals surface area contributed by atoms with E-state index in [9.17, 15) is 5.11 Å². The molecule has 0 aliphatic heterocycles. The van der Waals surface area contributed by atoms with Crippen LogP contribution in [0.25, 0.3) is 16.8 Å². The van der Waals surface area contributed by atoms with E-state index in [1.165, 1.54) is 0 Å². The molecule has 0 aliphatic carbocycles. The molecule has 0 spiro atoms. The van der Waals surface area contributed by atoms with E-state index in [0.717, 1.165) is 28.8 Å². The largest absolute Gasteiger partial charge is 0.388 e. The van der Waals surface area contributed by atoms with Crippen LogP contribution in [0.5, 0.6) is 0 Å². The molecule has 21 heavy (non-hydrogen) atoms. The fourth-order valence-corrected chi connectivity index (χ4v) is 2.36. The Bertz CT molecular complexity index is 685. The molecule has 0 fully saturated rings. The maximum Gasteiger partial charge on any atom is 0.0787 e. The van der Waals surface area contributed by atoms with Gasteiger partial charge >= 0.3 is 0 Å². The van der Waals surface area contributed by atoms with Gasteiger partial charge in [0, 0.05) is 12.4 Å². The Labute approximate surface area is 124 Å². The molecule has 0 unspecified atom stereocenters. The predicted molar refractivity (Wildman–Crippen MR) is 84.3 cm³/mol. The maximum atomic E-state index is 9.82. The highest BCUT2D eigenvalue weighted by Crippen LogP contribution is 2.24. The third-order valence-corrected chi connectivity index (χ3v) is 3.65. The molecule has 0 saturated carbocycles. The quantitative estimate of drug-likeness (QED) is 0.783. The number of nitrogens with zero attached hydrogens (tertiary/aromatic N) is 2. The van der Waals surface area contributed by atoms with E-state index in [4.69, 9.17) is 0 Å². The second kappa shape index (κ2) is 5.94. The molecular weight excluding hydrogens is 260 g/mol. The summed E-state index contributed by atoms with van der Waals surface area (Å²) in [5.74, 6) is 0. The Balaban J connectivity index is 1.84. The molecule has 0 bridgehead atoms. The minimum absolute atomic E-state index is 0.374. The van der Waals surface area contributed by atoms with Crippen molar-refractivity contribution in [3.8, 4) is 16.8 Å². The summed E-state index contributed by atoms with van der Waals surface area (Å²) in [7, 11) is 0. The molecule has 3 rings (SSSR count). The molecule has 3 aromatic rings. The molecule has 3 heteroatoms. The fraction of sp³-hybridized carbons (Fsp3) is 0.167. The van der Waals surface area contributed by atoms with Gasteiger partial charge in [-0.2, -0.15) is 5.10 Å². The first-order chi connectivity index (χ1) is 10.3. The Hall–Kier alpha value is -2.39. The number of aliphatic hydroxyl groups is 1. The molecule has 0 saturated heterocycles. The van der Waals surface area contributed by atoms with Crippen LogP contribution in [-0.2, 0) is 0 Å². The molecule has 0 aliphatic rings. The van der Waals surface area contributed by atoms with Crippen LogP contribution >= 0.6 is 0 Å². The standard InChI is InChI=1S/C18H18N2O/c1-2-18(21)16-6-4-14(5-7-16)15-8-10-17(11-9-15)20-13-3-12-19-20/h3-13,18,21H,2H2,1H3/t18-/m1/s1. The van der Waals surface area contributed by atoms with Gasteiger partial charge in [-0.3, -0.25) is 0 Å². The zero-order valence-electron chi connectivity index (χ0n) is 12.0. The molecule has 1 aromatic heterocycles. The minimum Gasteiger partial charge on any atom is -0.388 e. The summed E-state index contributed by atoms with van der Waals surface area (Å²) in [5, 5.41) is 14.0. The van der Waals surface area contributed by atoms with Gasteiger partial charge in [-0.15, -0.1) is 0 Å². The van der Waals surface area contributed by atoms with E-state index >= 15 is 0 Å². The highest BCUT2D eigenvalue weighted by molar-refractivity contribution is 5.65. The van der Waals surface area contributed by atoms with Gasteiger partial charge in [-0.25, -0.2) is 4.68 Å². The monoisotopic (exact) mass is 278 g/mol. The average molecular weight is 278 g/mol. The summed E-state index contributed by atoms with van der Waals surface area (Å²) in [5.41, 5.74) is 4.31. The van der Waals surface area contributed by atoms with E-state index in [1.54, 1.807) is 6.20 Å². The van der Waals surface area contributed by atoms with Gasteiger partial charge in [-0.1, -0.05) is 43.3 Å². The lowest BCUT2D eigenvalue weighted by Gasteiger charge is -2.09. The summed E-state index contributed by atoms with van der Waals surface area (Å²) in [6.07, 6.45) is 4.06. The van der Waals surface area contributed by atoms with E-state index in [1.807, 2.05) is 36.0 Å². The number of hydrogen-bond donors (Lipinski definition) is 1. The van der Waals surface area contributed by atoms with Crippen molar-refractivity contribution in [1.82, 2.24) is 9.78 Å². The summed E-state index contributed by atoms with van der Waals surface area (Å²) >= 11 is 0. The third-order valence-electron chi connectivity index (χ3n) is 3.65.